The van der Waals surface area contributed by atoms with Gasteiger partial charge in [-0.3, -0.25) is 4.79 Å². The molecule has 0 unspecified atom stereocenters. The molecule has 0 saturated carbocycles. The van der Waals surface area contributed by atoms with Crippen molar-refractivity contribution in [3.05, 3.63) is 53.9 Å². The predicted octanol–water partition coefficient (Wildman–Crippen LogP) is 2.58. The van der Waals surface area contributed by atoms with Gasteiger partial charge in [-0.15, -0.1) is 0 Å². The fraction of sp³-hybridized carbons (Fsp3) is 0.250. The molecule has 4 aromatic rings. The molecule has 0 bridgehead atoms. The quantitative estimate of drug-likeness (QED) is 0.555. The Balaban J connectivity index is 1.40. The monoisotopic (exact) mass is 394 g/mol. The number of hydrogen-bond acceptors (Lipinski definition) is 6. The van der Waals surface area contributed by atoms with Crippen molar-refractivity contribution >= 4 is 34.2 Å². The van der Waals surface area contributed by atoms with Crippen molar-refractivity contribution < 1.29 is 13.6 Å². The molecule has 5 heterocycles. The summed E-state index contributed by atoms with van der Waals surface area (Å²) < 4.78 is 21.4. The second-order valence-corrected chi connectivity index (χ2v) is 7.04. The van der Waals surface area contributed by atoms with Gasteiger partial charge in [0, 0.05) is 50.7 Å². The van der Waals surface area contributed by atoms with Crippen LogP contribution in [0.15, 0.2) is 41.1 Å². The van der Waals surface area contributed by atoms with Crippen LogP contribution in [0.1, 0.15) is 16.2 Å². The third kappa shape index (κ3) is 3.29. The number of aromatic nitrogens is 3. The standard InChI is InChI=1S/C20H19FN6O2/c1-12-10-27-11-13(8-14(21)19(27)23-12)24-20(28)17-9-15-16(29-17)2-3-18(25-15)26-6-4-22-5-7-26/h2-3,8-11,22H,4-7H2,1H3,(H,24,28). The molecule has 0 atom stereocenters. The van der Waals surface area contributed by atoms with Gasteiger partial charge >= 0.3 is 0 Å². The number of aryl methyl sites for hydroxylation is 1. The molecule has 1 fully saturated rings. The molecule has 0 radical (unpaired) electrons. The lowest BCUT2D eigenvalue weighted by atomic mass is 10.3. The van der Waals surface area contributed by atoms with E-state index in [-0.39, 0.29) is 11.4 Å². The van der Waals surface area contributed by atoms with Crippen LogP contribution in [0.5, 0.6) is 0 Å². The Kier molecular flexibility index (Phi) is 4.17. The number of anilines is 2. The Bertz CT molecular complexity index is 1220. The largest absolute Gasteiger partial charge is 0.449 e. The Morgan fingerprint density at radius 2 is 2.03 bits per heavy atom. The molecule has 8 nitrogen and oxygen atoms in total. The molecule has 9 heteroatoms. The average molecular weight is 394 g/mol. The van der Waals surface area contributed by atoms with E-state index in [1.54, 1.807) is 29.8 Å². The number of hydrogen-bond donors (Lipinski definition) is 2. The first-order valence-electron chi connectivity index (χ1n) is 9.39. The van der Waals surface area contributed by atoms with Gasteiger partial charge in [-0.2, -0.15) is 0 Å². The summed E-state index contributed by atoms with van der Waals surface area (Å²) in [4.78, 5) is 23.5. The molecule has 29 heavy (non-hydrogen) atoms. The fourth-order valence-corrected chi connectivity index (χ4v) is 3.54. The minimum Gasteiger partial charge on any atom is -0.449 e. The molecule has 4 aromatic heterocycles. The summed E-state index contributed by atoms with van der Waals surface area (Å²) in [5, 5.41) is 5.98. The van der Waals surface area contributed by atoms with Crippen LogP contribution in [-0.2, 0) is 0 Å². The SMILES string of the molecule is Cc1cn2cc(NC(=O)c3cc4nc(N5CCNCC5)ccc4o3)cc(F)c2n1. The maximum atomic E-state index is 14.2. The maximum absolute atomic E-state index is 14.2. The lowest BCUT2D eigenvalue weighted by Crippen LogP contribution is -2.43. The molecule has 1 amide bonds. The van der Waals surface area contributed by atoms with Gasteiger partial charge in [-0.1, -0.05) is 0 Å². The summed E-state index contributed by atoms with van der Waals surface area (Å²) >= 11 is 0. The summed E-state index contributed by atoms with van der Waals surface area (Å²) in [6, 6.07) is 6.55. The maximum Gasteiger partial charge on any atom is 0.291 e. The Labute approximate surface area is 165 Å². The zero-order valence-corrected chi connectivity index (χ0v) is 15.8. The van der Waals surface area contributed by atoms with Gasteiger partial charge in [-0.25, -0.2) is 14.4 Å². The van der Waals surface area contributed by atoms with Crippen LogP contribution in [-0.4, -0.2) is 46.5 Å². The van der Waals surface area contributed by atoms with Crippen molar-refractivity contribution in [2.24, 2.45) is 0 Å². The van der Waals surface area contributed by atoms with Gasteiger partial charge in [0.05, 0.1) is 11.4 Å². The molecule has 0 aromatic carbocycles. The number of nitrogens with zero attached hydrogens (tertiary/aromatic N) is 4. The van der Waals surface area contributed by atoms with Crippen molar-refractivity contribution in [3.63, 3.8) is 0 Å². The van der Waals surface area contributed by atoms with Crippen LogP contribution in [0.3, 0.4) is 0 Å². The topological polar surface area (TPSA) is 87.7 Å². The van der Waals surface area contributed by atoms with E-state index in [0.29, 0.717) is 22.5 Å². The van der Waals surface area contributed by atoms with Gasteiger partial charge < -0.3 is 24.4 Å². The third-order valence-corrected chi connectivity index (χ3v) is 4.91. The zero-order chi connectivity index (χ0) is 20.0. The summed E-state index contributed by atoms with van der Waals surface area (Å²) in [6.07, 6.45) is 3.30. The number of furan rings is 1. The summed E-state index contributed by atoms with van der Waals surface area (Å²) in [6.45, 7) is 5.36. The Morgan fingerprint density at radius 3 is 2.86 bits per heavy atom. The van der Waals surface area contributed by atoms with Crippen LogP contribution in [0, 0.1) is 12.7 Å². The normalized spacial score (nSPS) is 14.6. The van der Waals surface area contributed by atoms with E-state index in [1.165, 1.54) is 6.07 Å². The lowest BCUT2D eigenvalue weighted by Gasteiger charge is -2.28. The van der Waals surface area contributed by atoms with Crippen LogP contribution >= 0.6 is 0 Å². The number of amides is 1. The van der Waals surface area contributed by atoms with E-state index in [2.05, 4.69) is 25.5 Å². The van der Waals surface area contributed by atoms with Crippen molar-refractivity contribution in [2.45, 2.75) is 6.92 Å². The first kappa shape index (κ1) is 17.6. The Morgan fingerprint density at radius 1 is 1.21 bits per heavy atom. The summed E-state index contributed by atoms with van der Waals surface area (Å²) in [7, 11) is 0. The number of fused-ring (bicyclic) bond motifs is 2. The van der Waals surface area contributed by atoms with Crippen molar-refractivity contribution in [2.75, 3.05) is 36.4 Å². The number of imidazole rings is 1. The van der Waals surface area contributed by atoms with Gasteiger partial charge in [-0.05, 0) is 19.1 Å². The van der Waals surface area contributed by atoms with E-state index in [1.807, 2.05) is 12.1 Å². The van der Waals surface area contributed by atoms with E-state index in [0.717, 1.165) is 32.0 Å². The highest BCUT2D eigenvalue weighted by molar-refractivity contribution is 6.04. The first-order valence-corrected chi connectivity index (χ1v) is 9.39. The number of nitrogens with one attached hydrogen (secondary N) is 2. The second-order valence-electron chi connectivity index (χ2n) is 7.04. The van der Waals surface area contributed by atoms with Crippen molar-refractivity contribution in [1.82, 2.24) is 19.7 Å². The molecule has 1 saturated heterocycles. The second kappa shape index (κ2) is 6.85. The van der Waals surface area contributed by atoms with Crippen LogP contribution in [0.2, 0.25) is 0 Å². The van der Waals surface area contributed by atoms with Gasteiger partial charge in [0.1, 0.15) is 11.3 Å². The zero-order valence-electron chi connectivity index (χ0n) is 15.8. The number of piperazine rings is 1. The number of halogens is 1. The Hall–Kier alpha value is -3.46. The van der Waals surface area contributed by atoms with Crippen molar-refractivity contribution in [1.29, 1.82) is 0 Å². The number of carbonyl (C=O) groups is 1. The van der Waals surface area contributed by atoms with Crippen molar-refractivity contribution in [3.8, 4) is 0 Å². The molecule has 2 N–H and O–H groups in total. The number of pyridine rings is 2. The average Bonchev–Trinajstić information content (AvgIpc) is 3.31. The smallest absolute Gasteiger partial charge is 0.291 e. The molecule has 148 valence electrons. The van der Waals surface area contributed by atoms with Gasteiger partial charge in [0.15, 0.2) is 22.8 Å². The number of rotatable bonds is 3. The van der Waals surface area contributed by atoms with E-state index < -0.39 is 11.7 Å². The minimum absolute atomic E-state index is 0.118. The molecule has 0 spiro atoms. The molecular formula is C20H19FN6O2. The molecular weight excluding hydrogens is 375 g/mol. The highest BCUT2D eigenvalue weighted by Gasteiger charge is 2.17. The third-order valence-electron chi connectivity index (χ3n) is 4.91. The lowest BCUT2D eigenvalue weighted by molar-refractivity contribution is 0.0998. The van der Waals surface area contributed by atoms with E-state index in [4.69, 9.17) is 4.42 Å². The van der Waals surface area contributed by atoms with E-state index >= 15 is 0 Å². The van der Waals surface area contributed by atoms with Gasteiger partial charge in [0.2, 0.25) is 0 Å². The van der Waals surface area contributed by atoms with Crippen LogP contribution in [0.25, 0.3) is 16.7 Å². The van der Waals surface area contributed by atoms with E-state index in [9.17, 15) is 9.18 Å². The van der Waals surface area contributed by atoms with Gasteiger partial charge in [0.25, 0.3) is 5.91 Å². The molecule has 5 rings (SSSR count). The highest BCUT2D eigenvalue weighted by atomic mass is 19.1. The summed E-state index contributed by atoms with van der Waals surface area (Å²) in [5.74, 6) is -0.00724. The minimum atomic E-state index is -0.511. The predicted molar refractivity (Wildman–Crippen MR) is 107 cm³/mol. The van der Waals surface area contributed by atoms with Crippen LogP contribution in [0.4, 0.5) is 15.9 Å². The molecule has 1 aliphatic rings. The first-order chi connectivity index (χ1) is 14.1. The molecule has 1 aliphatic heterocycles. The fourth-order valence-electron chi connectivity index (χ4n) is 3.54. The summed E-state index contributed by atoms with van der Waals surface area (Å²) in [5.41, 5.74) is 2.36. The highest BCUT2D eigenvalue weighted by Crippen LogP contribution is 2.23. The number of carbonyl (C=O) groups excluding carboxylic acids is 1. The molecule has 0 aliphatic carbocycles. The van der Waals surface area contributed by atoms with Crippen LogP contribution < -0.4 is 15.5 Å².